The summed E-state index contributed by atoms with van der Waals surface area (Å²) in [6, 6.07) is 5.11. The molecular weight excluding hydrogens is 420 g/mol. The lowest BCUT2D eigenvalue weighted by molar-refractivity contribution is 0.0946. The molecule has 0 aliphatic heterocycles. The number of aliphatic hydroxyl groups is 2. The van der Waals surface area contributed by atoms with Gasteiger partial charge in [0, 0.05) is 35.1 Å². The fourth-order valence-corrected chi connectivity index (χ4v) is 3.25. The molecule has 4 N–H and O–H groups in total. The van der Waals surface area contributed by atoms with E-state index in [9.17, 15) is 15.0 Å². The SMILES string of the molecule is CCC(CO)Nc1ncc(C)c(-n2cnc(C(=O)NCc3cccc(Cl)c3CO)c2)n1. The van der Waals surface area contributed by atoms with Gasteiger partial charge in [0.05, 0.1) is 19.3 Å². The number of amides is 1. The number of aromatic nitrogens is 4. The highest BCUT2D eigenvalue weighted by molar-refractivity contribution is 6.31. The van der Waals surface area contributed by atoms with E-state index in [0.717, 1.165) is 17.5 Å². The van der Waals surface area contributed by atoms with E-state index in [4.69, 9.17) is 11.6 Å². The molecule has 164 valence electrons. The summed E-state index contributed by atoms with van der Waals surface area (Å²) in [5.74, 6) is 0.604. The van der Waals surface area contributed by atoms with Crippen molar-refractivity contribution >= 4 is 23.5 Å². The lowest BCUT2D eigenvalue weighted by Gasteiger charge is -2.15. The van der Waals surface area contributed by atoms with Gasteiger partial charge < -0.3 is 20.8 Å². The molecule has 0 radical (unpaired) electrons. The van der Waals surface area contributed by atoms with E-state index in [0.29, 0.717) is 22.4 Å². The third-order valence-corrected chi connectivity index (χ3v) is 5.22. The Morgan fingerprint density at radius 2 is 2.10 bits per heavy atom. The van der Waals surface area contributed by atoms with Crippen molar-refractivity contribution in [2.75, 3.05) is 11.9 Å². The van der Waals surface area contributed by atoms with Crippen LogP contribution in [0.5, 0.6) is 0 Å². The summed E-state index contributed by atoms with van der Waals surface area (Å²) in [6.07, 6.45) is 5.49. The molecule has 1 atom stereocenters. The molecule has 2 aromatic heterocycles. The average molecular weight is 445 g/mol. The smallest absolute Gasteiger partial charge is 0.271 e. The molecule has 0 saturated carbocycles. The largest absolute Gasteiger partial charge is 0.394 e. The number of carbonyl (C=O) groups excluding carboxylic acids is 1. The van der Waals surface area contributed by atoms with Crippen LogP contribution in [0.25, 0.3) is 5.82 Å². The van der Waals surface area contributed by atoms with Gasteiger partial charge in [0.15, 0.2) is 0 Å². The molecule has 0 aliphatic rings. The quantitative estimate of drug-likeness (QED) is 0.398. The Labute approximate surface area is 185 Å². The minimum absolute atomic E-state index is 0.0247. The molecule has 0 fully saturated rings. The summed E-state index contributed by atoms with van der Waals surface area (Å²) < 4.78 is 1.65. The minimum atomic E-state index is -0.362. The van der Waals surface area contributed by atoms with Gasteiger partial charge in [0.25, 0.3) is 5.91 Å². The summed E-state index contributed by atoms with van der Waals surface area (Å²) >= 11 is 6.09. The number of hydrogen-bond donors (Lipinski definition) is 4. The van der Waals surface area contributed by atoms with Crippen LogP contribution in [0.2, 0.25) is 5.02 Å². The van der Waals surface area contributed by atoms with Gasteiger partial charge in [-0.3, -0.25) is 9.36 Å². The van der Waals surface area contributed by atoms with E-state index >= 15 is 0 Å². The van der Waals surface area contributed by atoms with Crippen LogP contribution in [-0.4, -0.2) is 48.3 Å². The van der Waals surface area contributed by atoms with Gasteiger partial charge >= 0.3 is 0 Å². The summed E-state index contributed by atoms with van der Waals surface area (Å²) in [5.41, 5.74) is 2.35. The van der Waals surface area contributed by atoms with E-state index < -0.39 is 0 Å². The van der Waals surface area contributed by atoms with Crippen LogP contribution in [0, 0.1) is 6.92 Å². The van der Waals surface area contributed by atoms with Gasteiger partial charge in [-0.05, 0) is 25.0 Å². The van der Waals surface area contributed by atoms with E-state index in [1.807, 2.05) is 13.8 Å². The monoisotopic (exact) mass is 444 g/mol. The van der Waals surface area contributed by atoms with Crippen LogP contribution < -0.4 is 10.6 Å². The molecule has 0 aliphatic carbocycles. The van der Waals surface area contributed by atoms with Crippen molar-refractivity contribution in [2.24, 2.45) is 0 Å². The third kappa shape index (κ3) is 5.38. The van der Waals surface area contributed by atoms with Crippen LogP contribution >= 0.6 is 11.6 Å². The van der Waals surface area contributed by atoms with Crippen LogP contribution in [0.1, 0.15) is 40.5 Å². The Hall–Kier alpha value is -3.01. The number of imidazole rings is 1. The fourth-order valence-electron chi connectivity index (χ4n) is 2.99. The van der Waals surface area contributed by atoms with Crippen LogP contribution in [-0.2, 0) is 13.2 Å². The lowest BCUT2D eigenvalue weighted by Crippen LogP contribution is -2.24. The zero-order valence-corrected chi connectivity index (χ0v) is 18.1. The molecule has 3 aromatic rings. The standard InChI is InChI=1S/C21H25ClN6O3/c1-3-15(10-29)26-21-24-7-13(2)19(27-21)28-9-18(25-12-28)20(31)23-8-14-5-4-6-17(22)16(14)11-30/h4-7,9,12,15,29-30H,3,8,10-11H2,1-2H3,(H,23,31)(H,24,26,27). The highest BCUT2D eigenvalue weighted by Gasteiger charge is 2.15. The van der Waals surface area contributed by atoms with E-state index in [-0.39, 0.29) is 37.4 Å². The average Bonchev–Trinajstić information content (AvgIpc) is 3.27. The van der Waals surface area contributed by atoms with Gasteiger partial charge in [0.2, 0.25) is 5.95 Å². The summed E-state index contributed by atoms with van der Waals surface area (Å²) in [5, 5.41) is 25.2. The van der Waals surface area contributed by atoms with Crippen molar-refractivity contribution in [3.63, 3.8) is 0 Å². The second kappa shape index (κ2) is 10.3. The highest BCUT2D eigenvalue weighted by atomic mass is 35.5. The number of aryl methyl sites for hydroxylation is 1. The van der Waals surface area contributed by atoms with Gasteiger partial charge in [-0.2, -0.15) is 4.98 Å². The Morgan fingerprint density at radius 3 is 2.81 bits per heavy atom. The molecule has 0 bridgehead atoms. The summed E-state index contributed by atoms with van der Waals surface area (Å²) in [7, 11) is 0. The maximum Gasteiger partial charge on any atom is 0.271 e. The van der Waals surface area contributed by atoms with Crippen molar-refractivity contribution in [3.8, 4) is 5.82 Å². The zero-order valence-electron chi connectivity index (χ0n) is 17.3. The zero-order chi connectivity index (χ0) is 22.4. The second-order valence-electron chi connectivity index (χ2n) is 7.02. The molecule has 3 rings (SSSR count). The van der Waals surface area contributed by atoms with Crippen molar-refractivity contribution < 1.29 is 15.0 Å². The number of hydrogen-bond acceptors (Lipinski definition) is 7. The van der Waals surface area contributed by atoms with E-state index in [1.165, 1.54) is 6.33 Å². The molecule has 1 unspecified atom stereocenters. The Kier molecular flexibility index (Phi) is 7.56. The first kappa shape index (κ1) is 22.7. The number of nitrogens with zero attached hydrogens (tertiary/aromatic N) is 4. The Morgan fingerprint density at radius 1 is 1.29 bits per heavy atom. The van der Waals surface area contributed by atoms with Crippen LogP contribution in [0.3, 0.4) is 0 Å². The van der Waals surface area contributed by atoms with Crippen molar-refractivity contribution in [1.29, 1.82) is 0 Å². The normalized spacial score (nSPS) is 11.9. The first-order chi connectivity index (χ1) is 15.0. The first-order valence-corrected chi connectivity index (χ1v) is 10.2. The number of rotatable bonds is 9. The molecule has 0 spiro atoms. The first-order valence-electron chi connectivity index (χ1n) is 9.87. The maximum atomic E-state index is 12.6. The number of carbonyl (C=O) groups is 1. The van der Waals surface area contributed by atoms with Gasteiger partial charge in [-0.15, -0.1) is 0 Å². The maximum absolute atomic E-state index is 12.6. The van der Waals surface area contributed by atoms with Crippen molar-refractivity contribution in [1.82, 2.24) is 24.8 Å². The number of aliphatic hydroxyl groups excluding tert-OH is 2. The highest BCUT2D eigenvalue weighted by Crippen LogP contribution is 2.20. The minimum Gasteiger partial charge on any atom is -0.394 e. The number of anilines is 1. The Bertz CT molecular complexity index is 1050. The summed E-state index contributed by atoms with van der Waals surface area (Å²) in [4.78, 5) is 25.5. The topological polar surface area (TPSA) is 125 Å². The Balaban J connectivity index is 1.74. The van der Waals surface area contributed by atoms with Crippen molar-refractivity contribution in [2.45, 2.75) is 39.5 Å². The molecule has 9 nitrogen and oxygen atoms in total. The van der Waals surface area contributed by atoms with Gasteiger partial charge in [0.1, 0.15) is 17.8 Å². The molecule has 31 heavy (non-hydrogen) atoms. The van der Waals surface area contributed by atoms with E-state index in [1.54, 1.807) is 35.2 Å². The fraction of sp³-hybridized carbons (Fsp3) is 0.333. The van der Waals surface area contributed by atoms with Gasteiger partial charge in [-0.25, -0.2) is 9.97 Å². The number of halogens is 1. The predicted molar refractivity (Wildman–Crippen MR) is 117 cm³/mol. The molecule has 1 aromatic carbocycles. The summed E-state index contributed by atoms with van der Waals surface area (Å²) in [6.45, 7) is 3.79. The van der Waals surface area contributed by atoms with Gasteiger partial charge in [-0.1, -0.05) is 30.7 Å². The van der Waals surface area contributed by atoms with Crippen LogP contribution in [0.15, 0.2) is 36.9 Å². The molecular formula is C21H25ClN6O3. The third-order valence-electron chi connectivity index (χ3n) is 4.86. The molecule has 10 heteroatoms. The lowest BCUT2D eigenvalue weighted by atomic mass is 10.1. The van der Waals surface area contributed by atoms with E-state index in [2.05, 4.69) is 25.6 Å². The predicted octanol–water partition coefficient (Wildman–Crippen LogP) is 2.23. The molecule has 0 saturated heterocycles. The molecule has 1 amide bonds. The number of nitrogens with one attached hydrogen (secondary N) is 2. The van der Waals surface area contributed by atoms with Crippen molar-refractivity contribution in [3.05, 3.63) is 64.3 Å². The second-order valence-corrected chi connectivity index (χ2v) is 7.42. The molecule has 2 heterocycles. The number of benzene rings is 1. The van der Waals surface area contributed by atoms with Crippen LogP contribution in [0.4, 0.5) is 5.95 Å².